The van der Waals surface area contributed by atoms with E-state index in [4.69, 9.17) is 16.3 Å². The molecule has 0 fully saturated rings. The normalized spacial score (nSPS) is 10.3. The van der Waals surface area contributed by atoms with Crippen molar-refractivity contribution in [3.63, 3.8) is 0 Å². The maximum absolute atomic E-state index is 13.7. The quantitative estimate of drug-likeness (QED) is 0.855. The number of ether oxygens (including phenoxy) is 1. The monoisotopic (exact) mass is 343 g/mol. The molecule has 2 rings (SSSR count). The SMILES string of the molecule is COc1cccc(Cl)c1CNc1c(F)cccc1Br. The van der Waals surface area contributed by atoms with Crippen LogP contribution in [0.25, 0.3) is 0 Å². The Labute approximate surface area is 124 Å². The molecule has 2 aromatic carbocycles. The zero-order valence-corrected chi connectivity index (χ0v) is 12.6. The molecule has 0 radical (unpaired) electrons. The minimum absolute atomic E-state index is 0.319. The van der Waals surface area contributed by atoms with Gasteiger partial charge in [-0.1, -0.05) is 23.7 Å². The molecule has 2 aromatic rings. The van der Waals surface area contributed by atoms with Crippen LogP contribution in [0.4, 0.5) is 10.1 Å². The van der Waals surface area contributed by atoms with E-state index in [2.05, 4.69) is 21.2 Å². The van der Waals surface area contributed by atoms with E-state index in [1.807, 2.05) is 12.1 Å². The maximum atomic E-state index is 13.7. The summed E-state index contributed by atoms with van der Waals surface area (Å²) >= 11 is 9.44. The first-order valence-corrected chi connectivity index (χ1v) is 6.80. The summed E-state index contributed by atoms with van der Waals surface area (Å²) in [7, 11) is 1.58. The van der Waals surface area contributed by atoms with E-state index in [1.54, 1.807) is 25.3 Å². The molecule has 2 nitrogen and oxygen atoms in total. The van der Waals surface area contributed by atoms with Crippen LogP contribution in [-0.4, -0.2) is 7.11 Å². The van der Waals surface area contributed by atoms with Gasteiger partial charge in [-0.25, -0.2) is 4.39 Å². The molecule has 19 heavy (non-hydrogen) atoms. The molecule has 0 saturated carbocycles. The summed E-state index contributed by atoms with van der Waals surface area (Å²) in [6.45, 7) is 0.377. The second-order valence-electron chi connectivity index (χ2n) is 3.87. The summed E-state index contributed by atoms with van der Waals surface area (Å²) in [4.78, 5) is 0. The third kappa shape index (κ3) is 3.19. The van der Waals surface area contributed by atoms with Gasteiger partial charge in [0.15, 0.2) is 0 Å². The van der Waals surface area contributed by atoms with Crippen molar-refractivity contribution in [1.82, 2.24) is 0 Å². The molecule has 0 saturated heterocycles. The second kappa shape index (κ2) is 6.26. The van der Waals surface area contributed by atoms with Gasteiger partial charge in [-0.15, -0.1) is 0 Å². The molecule has 0 unspecified atom stereocenters. The first-order chi connectivity index (χ1) is 9.13. The van der Waals surface area contributed by atoms with Crippen molar-refractivity contribution in [3.05, 3.63) is 57.3 Å². The Kier molecular flexibility index (Phi) is 4.66. The highest BCUT2D eigenvalue weighted by atomic mass is 79.9. The fourth-order valence-corrected chi connectivity index (χ4v) is 2.46. The number of halogens is 3. The zero-order chi connectivity index (χ0) is 13.8. The molecule has 0 spiro atoms. The minimum Gasteiger partial charge on any atom is -0.496 e. The average molecular weight is 345 g/mol. The van der Waals surface area contributed by atoms with Gasteiger partial charge in [-0.2, -0.15) is 0 Å². The Balaban J connectivity index is 2.24. The number of nitrogens with one attached hydrogen (secondary N) is 1. The van der Waals surface area contributed by atoms with Gasteiger partial charge in [-0.05, 0) is 40.2 Å². The fourth-order valence-electron chi connectivity index (χ4n) is 1.75. The number of methoxy groups -OCH3 is 1. The summed E-state index contributed by atoms with van der Waals surface area (Å²) < 4.78 is 19.6. The van der Waals surface area contributed by atoms with Crippen LogP contribution >= 0.6 is 27.5 Å². The standard InChI is InChI=1S/C14H12BrClFNO/c1-19-13-7-3-5-11(16)9(13)8-18-14-10(15)4-2-6-12(14)17/h2-7,18H,8H2,1H3. The third-order valence-corrected chi connectivity index (χ3v) is 3.72. The van der Waals surface area contributed by atoms with Crippen LogP contribution in [0.15, 0.2) is 40.9 Å². The summed E-state index contributed by atoms with van der Waals surface area (Å²) in [5.41, 5.74) is 1.20. The predicted octanol–water partition coefficient (Wildman–Crippen LogP) is 4.86. The fraction of sp³-hybridized carbons (Fsp3) is 0.143. The van der Waals surface area contributed by atoms with Crippen molar-refractivity contribution in [2.45, 2.75) is 6.54 Å². The lowest BCUT2D eigenvalue weighted by Crippen LogP contribution is -2.04. The number of benzene rings is 2. The van der Waals surface area contributed by atoms with Crippen molar-refractivity contribution in [2.75, 3.05) is 12.4 Å². The largest absolute Gasteiger partial charge is 0.496 e. The highest BCUT2D eigenvalue weighted by molar-refractivity contribution is 9.10. The molecule has 0 aliphatic heterocycles. The van der Waals surface area contributed by atoms with Gasteiger partial charge in [0.25, 0.3) is 0 Å². The van der Waals surface area contributed by atoms with Gasteiger partial charge < -0.3 is 10.1 Å². The molecule has 0 aromatic heterocycles. The van der Waals surface area contributed by atoms with Crippen LogP contribution in [0.1, 0.15) is 5.56 Å². The average Bonchev–Trinajstić information content (AvgIpc) is 2.39. The number of anilines is 1. The third-order valence-electron chi connectivity index (χ3n) is 2.70. The molecule has 5 heteroatoms. The lowest BCUT2D eigenvalue weighted by Gasteiger charge is -2.13. The Hall–Kier alpha value is -1.26. The van der Waals surface area contributed by atoms with Crippen LogP contribution in [0.3, 0.4) is 0 Å². The summed E-state index contributed by atoms with van der Waals surface area (Å²) in [6.07, 6.45) is 0. The Bertz CT molecular complexity index is 571. The highest BCUT2D eigenvalue weighted by Gasteiger charge is 2.10. The van der Waals surface area contributed by atoms with E-state index in [0.717, 1.165) is 5.56 Å². The number of rotatable bonds is 4. The van der Waals surface area contributed by atoms with Crippen molar-refractivity contribution in [2.24, 2.45) is 0 Å². The van der Waals surface area contributed by atoms with Crippen LogP contribution in [-0.2, 0) is 6.54 Å². The van der Waals surface area contributed by atoms with Crippen LogP contribution in [0.2, 0.25) is 5.02 Å². The Morgan fingerprint density at radius 2 is 2.00 bits per heavy atom. The van der Waals surface area contributed by atoms with Crippen molar-refractivity contribution in [3.8, 4) is 5.75 Å². The molecule has 1 N–H and O–H groups in total. The van der Waals surface area contributed by atoms with E-state index >= 15 is 0 Å². The maximum Gasteiger partial charge on any atom is 0.147 e. The van der Waals surface area contributed by atoms with Crippen molar-refractivity contribution in [1.29, 1.82) is 0 Å². The zero-order valence-electron chi connectivity index (χ0n) is 10.2. The molecular weight excluding hydrogens is 333 g/mol. The van der Waals surface area contributed by atoms with Crippen LogP contribution < -0.4 is 10.1 Å². The smallest absolute Gasteiger partial charge is 0.147 e. The first-order valence-electron chi connectivity index (χ1n) is 5.62. The molecule has 0 heterocycles. The van der Waals surface area contributed by atoms with Gasteiger partial charge in [-0.3, -0.25) is 0 Å². The lowest BCUT2D eigenvalue weighted by atomic mass is 10.2. The molecule has 0 atom stereocenters. The Morgan fingerprint density at radius 3 is 2.68 bits per heavy atom. The minimum atomic E-state index is -0.319. The molecule has 0 amide bonds. The first kappa shape index (κ1) is 14.2. The van der Waals surface area contributed by atoms with Gasteiger partial charge in [0.1, 0.15) is 11.6 Å². The molecule has 100 valence electrons. The lowest BCUT2D eigenvalue weighted by molar-refractivity contribution is 0.410. The van der Waals surface area contributed by atoms with Gasteiger partial charge in [0.05, 0.1) is 12.8 Å². The molecular formula is C14H12BrClFNO. The molecule has 0 bridgehead atoms. The second-order valence-corrected chi connectivity index (χ2v) is 5.13. The summed E-state index contributed by atoms with van der Waals surface area (Å²) in [6, 6.07) is 10.2. The Morgan fingerprint density at radius 1 is 1.26 bits per heavy atom. The molecule has 0 aliphatic rings. The van der Waals surface area contributed by atoms with Gasteiger partial charge >= 0.3 is 0 Å². The topological polar surface area (TPSA) is 21.3 Å². The van der Waals surface area contributed by atoms with Crippen molar-refractivity contribution >= 4 is 33.2 Å². The van der Waals surface area contributed by atoms with Gasteiger partial charge in [0.2, 0.25) is 0 Å². The van der Waals surface area contributed by atoms with Gasteiger partial charge in [0, 0.05) is 21.6 Å². The number of para-hydroxylation sites is 1. The van der Waals surface area contributed by atoms with Crippen LogP contribution in [0, 0.1) is 5.82 Å². The summed E-state index contributed by atoms with van der Waals surface area (Å²) in [5, 5.41) is 3.61. The summed E-state index contributed by atoms with van der Waals surface area (Å²) in [5.74, 6) is 0.354. The van der Waals surface area contributed by atoms with E-state index in [1.165, 1.54) is 6.07 Å². The predicted molar refractivity (Wildman–Crippen MR) is 79.4 cm³/mol. The van der Waals surface area contributed by atoms with E-state index < -0.39 is 0 Å². The highest BCUT2D eigenvalue weighted by Crippen LogP contribution is 2.30. The van der Waals surface area contributed by atoms with Crippen LogP contribution in [0.5, 0.6) is 5.75 Å². The number of hydrogen-bond donors (Lipinski definition) is 1. The van der Waals surface area contributed by atoms with E-state index in [9.17, 15) is 4.39 Å². The van der Waals surface area contributed by atoms with E-state index in [-0.39, 0.29) is 5.82 Å². The van der Waals surface area contributed by atoms with Crippen molar-refractivity contribution < 1.29 is 9.13 Å². The number of hydrogen-bond acceptors (Lipinski definition) is 2. The molecule has 0 aliphatic carbocycles. The van der Waals surface area contributed by atoms with E-state index in [0.29, 0.717) is 27.5 Å².